The van der Waals surface area contributed by atoms with Gasteiger partial charge in [-0.2, -0.15) is 0 Å². The SMILES string of the molecule is CC[C@@H](NC(=O)CCN1C(=O)[C@H]2CC=CC[C@H]2C1=O)c1ccc(C)cc1C. The topological polar surface area (TPSA) is 66.5 Å². The fourth-order valence-corrected chi connectivity index (χ4v) is 4.19. The van der Waals surface area contributed by atoms with Gasteiger partial charge < -0.3 is 5.32 Å². The van der Waals surface area contributed by atoms with Gasteiger partial charge in [-0.05, 0) is 44.2 Å². The van der Waals surface area contributed by atoms with E-state index in [0.29, 0.717) is 12.8 Å². The quantitative estimate of drug-likeness (QED) is 0.619. The summed E-state index contributed by atoms with van der Waals surface area (Å²) >= 11 is 0. The predicted molar refractivity (Wildman–Crippen MR) is 104 cm³/mol. The summed E-state index contributed by atoms with van der Waals surface area (Å²) in [4.78, 5) is 38.7. The first-order chi connectivity index (χ1) is 12.9. The highest BCUT2D eigenvalue weighted by Gasteiger charge is 2.46. The van der Waals surface area contributed by atoms with Crippen molar-refractivity contribution >= 4 is 17.7 Å². The molecule has 27 heavy (non-hydrogen) atoms. The van der Waals surface area contributed by atoms with Crippen LogP contribution >= 0.6 is 0 Å². The third-order valence-corrected chi connectivity index (χ3v) is 5.71. The van der Waals surface area contributed by atoms with Crippen molar-refractivity contribution in [2.45, 2.75) is 52.5 Å². The average Bonchev–Trinajstić information content (AvgIpc) is 2.89. The zero-order valence-electron chi connectivity index (χ0n) is 16.3. The number of hydrogen-bond donors (Lipinski definition) is 1. The Morgan fingerprint density at radius 1 is 1.15 bits per heavy atom. The van der Waals surface area contributed by atoms with E-state index in [4.69, 9.17) is 0 Å². The van der Waals surface area contributed by atoms with E-state index in [1.165, 1.54) is 10.5 Å². The Labute approximate surface area is 160 Å². The van der Waals surface area contributed by atoms with Crippen LogP contribution in [-0.4, -0.2) is 29.2 Å². The average molecular weight is 368 g/mol. The molecule has 3 atom stereocenters. The molecule has 2 aliphatic rings. The normalized spacial score (nSPS) is 22.7. The molecule has 144 valence electrons. The first-order valence-corrected chi connectivity index (χ1v) is 9.79. The smallest absolute Gasteiger partial charge is 0.233 e. The van der Waals surface area contributed by atoms with E-state index in [1.54, 1.807) is 0 Å². The molecule has 1 aromatic rings. The minimum Gasteiger partial charge on any atom is -0.349 e. The summed E-state index contributed by atoms with van der Waals surface area (Å²) in [5, 5.41) is 3.06. The van der Waals surface area contributed by atoms with Gasteiger partial charge >= 0.3 is 0 Å². The number of rotatable bonds is 6. The maximum Gasteiger partial charge on any atom is 0.233 e. The molecule has 1 N–H and O–H groups in total. The van der Waals surface area contributed by atoms with Crippen LogP contribution in [0.2, 0.25) is 0 Å². The van der Waals surface area contributed by atoms with E-state index in [9.17, 15) is 14.4 Å². The Balaban J connectivity index is 1.59. The molecule has 0 radical (unpaired) electrons. The molecular weight excluding hydrogens is 340 g/mol. The van der Waals surface area contributed by atoms with E-state index in [1.807, 2.05) is 26.0 Å². The lowest BCUT2D eigenvalue weighted by molar-refractivity contribution is -0.140. The summed E-state index contributed by atoms with van der Waals surface area (Å²) in [7, 11) is 0. The molecule has 5 heteroatoms. The molecule has 1 saturated heterocycles. The second-order valence-corrected chi connectivity index (χ2v) is 7.62. The van der Waals surface area contributed by atoms with Gasteiger partial charge in [0, 0.05) is 13.0 Å². The Morgan fingerprint density at radius 2 is 1.78 bits per heavy atom. The number of carbonyl (C=O) groups is 3. The molecule has 1 aliphatic carbocycles. The largest absolute Gasteiger partial charge is 0.349 e. The van der Waals surface area contributed by atoms with Gasteiger partial charge in [0.1, 0.15) is 0 Å². The number of likely N-dealkylation sites (tertiary alicyclic amines) is 1. The fraction of sp³-hybridized carbons (Fsp3) is 0.500. The summed E-state index contributed by atoms with van der Waals surface area (Å²) < 4.78 is 0. The number of allylic oxidation sites excluding steroid dienone is 2. The maximum absolute atomic E-state index is 12.5. The number of aryl methyl sites for hydroxylation is 2. The molecule has 0 unspecified atom stereocenters. The van der Waals surface area contributed by atoms with Crippen molar-refractivity contribution in [1.29, 1.82) is 0 Å². The monoisotopic (exact) mass is 368 g/mol. The molecule has 0 saturated carbocycles. The summed E-state index contributed by atoms with van der Waals surface area (Å²) in [6, 6.07) is 6.16. The standard InChI is InChI=1S/C22H28N2O3/c1-4-19(16-10-9-14(2)13-15(16)3)23-20(25)11-12-24-21(26)17-7-5-6-8-18(17)22(24)27/h5-6,9-10,13,17-19H,4,7-8,11-12H2,1-3H3,(H,23,25)/t17-,18+,19-/m1/s1. The van der Waals surface area contributed by atoms with Gasteiger partial charge in [-0.15, -0.1) is 0 Å². The zero-order valence-corrected chi connectivity index (χ0v) is 16.3. The van der Waals surface area contributed by atoms with E-state index in [-0.39, 0.29) is 48.6 Å². The van der Waals surface area contributed by atoms with Crippen LogP contribution in [0.3, 0.4) is 0 Å². The van der Waals surface area contributed by atoms with Crippen LogP contribution in [0, 0.1) is 25.7 Å². The van der Waals surface area contributed by atoms with Gasteiger partial charge in [-0.1, -0.05) is 42.8 Å². The second kappa shape index (κ2) is 8.07. The van der Waals surface area contributed by atoms with Crippen LogP contribution in [0.1, 0.15) is 55.3 Å². The lowest BCUT2D eigenvalue weighted by Crippen LogP contribution is -2.36. The predicted octanol–water partition coefficient (Wildman–Crippen LogP) is 3.21. The summed E-state index contributed by atoms with van der Waals surface area (Å²) in [6.45, 7) is 6.30. The Kier molecular flexibility index (Phi) is 5.78. The molecule has 5 nitrogen and oxygen atoms in total. The van der Waals surface area contributed by atoms with Crippen LogP contribution in [-0.2, 0) is 14.4 Å². The van der Waals surface area contributed by atoms with Gasteiger partial charge in [0.25, 0.3) is 0 Å². The Hall–Kier alpha value is -2.43. The van der Waals surface area contributed by atoms with Crippen molar-refractivity contribution in [3.63, 3.8) is 0 Å². The number of hydrogen-bond acceptors (Lipinski definition) is 3. The lowest BCUT2D eigenvalue weighted by atomic mass is 9.85. The van der Waals surface area contributed by atoms with Crippen molar-refractivity contribution in [3.05, 3.63) is 47.0 Å². The van der Waals surface area contributed by atoms with Gasteiger partial charge in [-0.25, -0.2) is 0 Å². The third kappa shape index (κ3) is 3.97. The van der Waals surface area contributed by atoms with E-state index in [0.717, 1.165) is 17.5 Å². The highest BCUT2D eigenvalue weighted by atomic mass is 16.2. The maximum atomic E-state index is 12.5. The Bertz CT molecular complexity index is 758. The zero-order chi connectivity index (χ0) is 19.6. The molecule has 0 bridgehead atoms. The fourth-order valence-electron chi connectivity index (χ4n) is 4.19. The number of benzene rings is 1. The van der Waals surface area contributed by atoms with Crippen molar-refractivity contribution in [2.24, 2.45) is 11.8 Å². The summed E-state index contributed by atoms with van der Waals surface area (Å²) in [6.07, 6.45) is 6.13. The molecule has 1 heterocycles. The van der Waals surface area contributed by atoms with Crippen LogP contribution in [0.5, 0.6) is 0 Å². The highest BCUT2D eigenvalue weighted by Crippen LogP contribution is 2.35. The molecule has 0 spiro atoms. The van der Waals surface area contributed by atoms with Crippen molar-refractivity contribution in [1.82, 2.24) is 10.2 Å². The van der Waals surface area contributed by atoms with Crippen molar-refractivity contribution in [2.75, 3.05) is 6.54 Å². The molecule has 3 amide bonds. The second-order valence-electron chi connectivity index (χ2n) is 7.62. The molecule has 1 aliphatic heterocycles. The number of nitrogens with zero attached hydrogens (tertiary/aromatic N) is 1. The van der Waals surface area contributed by atoms with E-state index < -0.39 is 0 Å². The molecular formula is C22H28N2O3. The Morgan fingerprint density at radius 3 is 2.33 bits per heavy atom. The van der Waals surface area contributed by atoms with Crippen molar-refractivity contribution in [3.8, 4) is 0 Å². The van der Waals surface area contributed by atoms with Gasteiger partial charge in [-0.3, -0.25) is 19.3 Å². The number of nitrogens with one attached hydrogen (secondary N) is 1. The third-order valence-electron chi connectivity index (χ3n) is 5.71. The molecule has 1 fully saturated rings. The lowest BCUT2D eigenvalue weighted by Gasteiger charge is -2.21. The van der Waals surface area contributed by atoms with Gasteiger partial charge in [0.15, 0.2) is 0 Å². The molecule has 1 aromatic carbocycles. The van der Waals surface area contributed by atoms with Crippen LogP contribution < -0.4 is 5.32 Å². The summed E-state index contributed by atoms with van der Waals surface area (Å²) in [5.74, 6) is -0.837. The highest BCUT2D eigenvalue weighted by molar-refractivity contribution is 6.05. The van der Waals surface area contributed by atoms with Crippen LogP contribution in [0.25, 0.3) is 0 Å². The van der Waals surface area contributed by atoms with E-state index >= 15 is 0 Å². The first kappa shape index (κ1) is 19.3. The number of amides is 3. The first-order valence-electron chi connectivity index (χ1n) is 9.79. The van der Waals surface area contributed by atoms with Gasteiger partial charge in [0.05, 0.1) is 17.9 Å². The van der Waals surface area contributed by atoms with Gasteiger partial charge in [0.2, 0.25) is 17.7 Å². The molecule has 3 rings (SSSR count). The molecule has 0 aromatic heterocycles. The minimum atomic E-state index is -0.232. The minimum absolute atomic E-state index is 0.0603. The van der Waals surface area contributed by atoms with Crippen molar-refractivity contribution < 1.29 is 14.4 Å². The van der Waals surface area contributed by atoms with E-state index in [2.05, 4.69) is 30.4 Å². The van der Waals surface area contributed by atoms with Crippen LogP contribution in [0.4, 0.5) is 0 Å². The summed E-state index contributed by atoms with van der Waals surface area (Å²) in [5.41, 5.74) is 3.46. The number of carbonyl (C=O) groups excluding carboxylic acids is 3. The number of imide groups is 1. The van der Waals surface area contributed by atoms with Crippen LogP contribution in [0.15, 0.2) is 30.4 Å². The number of fused-ring (bicyclic) bond motifs is 1.